The highest BCUT2D eigenvalue weighted by Crippen LogP contribution is 2.51. The number of unbranched alkanes of at least 4 members (excludes halogenated alkanes) is 9. The molecule has 6 heteroatoms. The summed E-state index contributed by atoms with van der Waals surface area (Å²) in [6.45, 7) is 13.3. The van der Waals surface area contributed by atoms with Crippen LogP contribution >= 0.6 is 0 Å². The minimum Gasteiger partial charge on any atom is -0.464 e. The molecule has 0 aromatic rings. The Morgan fingerprint density at radius 2 is 1.21 bits per heavy atom. The maximum Gasteiger partial charge on any atom is 0.328 e. The van der Waals surface area contributed by atoms with E-state index in [1.165, 1.54) is 83.5 Å². The highest BCUT2D eigenvalue weighted by atomic mass is 16.6. The van der Waals surface area contributed by atoms with E-state index in [4.69, 9.17) is 9.47 Å². The van der Waals surface area contributed by atoms with Gasteiger partial charge in [0.1, 0.15) is 11.8 Å². The predicted molar refractivity (Wildman–Crippen MR) is 177 cm³/mol. The molecule has 43 heavy (non-hydrogen) atoms. The molecule has 0 radical (unpaired) electrons. The number of ether oxygens (including phenoxy) is 2. The zero-order chi connectivity index (χ0) is 31.4. The molecule has 2 aliphatic heterocycles. The van der Waals surface area contributed by atoms with E-state index in [0.717, 1.165) is 51.4 Å². The number of carbonyl (C=O) groups excluding carboxylic acids is 2. The quantitative estimate of drug-likeness (QED) is 0.168. The van der Waals surface area contributed by atoms with Crippen LogP contribution in [-0.2, 0) is 19.1 Å². The first kappa shape index (κ1) is 36.3. The molecule has 6 nitrogen and oxygen atoms in total. The van der Waals surface area contributed by atoms with Gasteiger partial charge >= 0.3 is 5.97 Å². The number of hydrogen-bond acceptors (Lipinski definition) is 5. The molecule has 3 fully saturated rings. The van der Waals surface area contributed by atoms with Crippen LogP contribution in [0.4, 0.5) is 0 Å². The van der Waals surface area contributed by atoms with Crippen molar-refractivity contribution in [3.05, 3.63) is 0 Å². The molecule has 2 spiro atoms. The summed E-state index contributed by atoms with van der Waals surface area (Å²) in [6, 6.07) is -0.649. The van der Waals surface area contributed by atoms with Crippen LogP contribution in [0, 0.1) is 0 Å². The Hall–Kier alpha value is -1.14. The molecule has 0 aromatic carbocycles. The second kappa shape index (κ2) is 17.0. The van der Waals surface area contributed by atoms with Crippen molar-refractivity contribution in [2.24, 2.45) is 0 Å². The molecule has 1 saturated carbocycles. The third-order valence-electron chi connectivity index (χ3n) is 10.2. The standard InChI is InChI=1S/C37H68N2O4/c1-7-8-9-10-11-12-16-19-22-25-28-42-32(40)31(2)39-33(41)36(29-34(3,4)38-35(5,6)30-36)43-37(39)26-23-20-17-14-13-15-18-21-24-27-37/h31,38H,7-30H2,1-6H3. The van der Waals surface area contributed by atoms with Gasteiger partial charge in [-0.25, -0.2) is 4.79 Å². The van der Waals surface area contributed by atoms with E-state index in [1.54, 1.807) is 0 Å². The summed E-state index contributed by atoms with van der Waals surface area (Å²) in [6.07, 6.45) is 26.0. The highest BCUT2D eigenvalue weighted by Gasteiger charge is 2.65. The van der Waals surface area contributed by atoms with Gasteiger partial charge in [-0.3, -0.25) is 9.69 Å². The van der Waals surface area contributed by atoms with Crippen molar-refractivity contribution in [1.29, 1.82) is 0 Å². The fourth-order valence-corrected chi connectivity index (χ4v) is 8.60. The van der Waals surface area contributed by atoms with Gasteiger partial charge in [-0.1, -0.05) is 110 Å². The third-order valence-corrected chi connectivity index (χ3v) is 10.2. The van der Waals surface area contributed by atoms with Crippen LogP contribution in [0.25, 0.3) is 0 Å². The first-order valence-electron chi connectivity index (χ1n) is 18.5. The maximum absolute atomic E-state index is 14.7. The lowest BCUT2D eigenvalue weighted by Gasteiger charge is -2.50. The van der Waals surface area contributed by atoms with Crippen molar-refractivity contribution in [2.75, 3.05) is 6.61 Å². The van der Waals surface area contributed by atoms with Gasteiger partial charge in [-0.05, 0) is 66.7 Å². The molecule has 3 aliphatic rings. The van der Waals surface area contributed by atoms with Gasteiger partial charge in [0.25, 0.3) is 5.91 Å². The molecule has 1 atom stereocenters. The maximum atomic E-state index is 14.7. The van der Waals surface area contributed by atoms with Crippen LogP contribution in [0.1, 0.15) is 189 Å². The Kier molecular flexibility index (Phi) is 14.3. The fourth-order valence-electron chi connectivity index (χ4n) is 8.60. The summed E-state index contributed by atoms with van der Waals surface area (Å²) in [5, 5.41) is 3.74. The summed E-state index contributed by atoms with van der Waals surface area (Å²) in [4.78, 5) is 30.1. The van der Waals surface area contributed by atoms with Crippen LogP contribution in [-0.4, -0.2) is 51.8 Å². The highest BCUT2D eigenvalue weighted by molar-refractivity contribution is 5.92. The predicted octanol–water partition coefficient (Wildman–Crippen LogP) is 9.38. The third kappa shape index (κ3) is 10.7. The second-order valence-electron chi connectivity index (χ2n) is 15.7. The van der Waals surface area contributed by atoms with Crippen LogP contribution in [0.3, 0.4) is 0 Å². The van der Waals surface area contributed by atoms with Crippen molar-refractivity contribution >= 4 is 11.9 Å². The average molecular weight is 605 g/mol. The Bertz CT molecular complexity index is 826. The lowest BCUT2D eigenvalue weighted by atomic mass is 9.72. The van der Waals surface area contributed by atoms with Gasteiger partial charge < -0.3 is 14.8 Å². The number of rotatable bonds is 13. The smallest absolute Gasteiger partial charge is 0.328 e. The molecule has 1 aliphatic carbocycles. The molecule has 2 saturated heterocycles. The second-order valence-corrected chi connectivity index (χ2v) is 15.7. The van der Waals surface area contributed by atoms with Gasteiger partial charge in [0.15, 0.2) is 5.60 Å². The van der Waals surface area contributed by atoms with E-state index in [-0.39, 0.29) is 23.0 Å². The van der Waals surface area contributed by atoms with Crippen LogP contribution in [0.15, 0.2) is 0 Å². The molecule has 3 rings (SSSR count). The molecule has 2 heterocycles. The van der Waals surface area contributed by atoms with Crippen LogP contribution < -0.4 is 5.32 Å². The molecule has 0 bridgehead atoms. The number of carbonyl (C=O) groups is 2. The number of amides is 1. The molecule has 1 N–H and O–H groups in total. The van der Waals surface area contributed by atoms with E-state index in [0.29, 0.717) is 19.4 Å². The van der Waals surface area contributed by atoms with Crippen LogP contribution in [0.2, 0.25) is 0 Å². The van der Waals surface area contributed by atoms with Crippen molar-refractivity contribution in [3.63, 3.8) is 0 Å². The van der Waals surface area contributed by atoms with Crippen molar-refractivity contribution < 1.29 is 19.1 Å². The van der Waals surface area contributed by atoms with E-state index < -0.39 is 17.4 Å². The van der Waals surface area contributed by atoms with Gasteiger partial charge in [0.05, 0.1) is 6.61 Å². The van der Waals surface area contributed by atoms with E-state index in [2.05, 4.69) is 39.9 Å². The van der Waals surface area contributed by atoms with E-state index >= 15 is 0 Å². The number of esters is 1. The van der Waals surface area contributed by atoms with Crippen LogP contribution in [0.5, 0.6) is 0 Å². The molecular formula is C37H68N2O4. The minimum absolute atomic E-state index is 0.00521. The Balaban J connectivity index is 1.68. The fraction of sp³-hybridized carbons (Fsp3) is 0.946. The topological polar surface area (TPSA) is 67.9 Å². The number of hydrogen-bond donors (Lipinski definition) is 1. The monoisotopic (exact) mass is 605 g/mol. The summed E-state index contributed by atoms with van der Waals surface area (Å²) >= 11 is 0. The summed E-state index contributed by atoms with van der Waals surface area (Å²) in [5.74, 6) is -0.270. The van der Waals surface area contributed by atoms with E-state index in [1.807, 2.05) is 11.8 Å². The zero-order valence-corrected chi connectivity index (χ0v) is 29.1. The Morgan fingerprint density at radius 1 is 0.767 bits per heavy atom. The molecular weight excluding hydrogens is 536 g/mol. The number of piperidine rings is 1. The largest absolute Gasteiger partial charge is 0.464 e. The van der Waals surface area contributed by atoms with Crippen molar-refractivity contribution in [3.8, 4) is 0 Å². The summed E-state index contributed by atoms with van der Waals surface area (Å²) in [7, 11) is 0. The lowest BCUT2D eigenvalue weighted by Crippen LogP contribution is -2.66. The molecule has 0 aromatic heterocycles. The lowest BCUT2D eigenvalue weighted by molar-refractivity contribution is -0.186. The van der Waals surface area contributed by atoms with Crippen molar-refractivity contribution in [2.45, 2.75) is 218 Å². The normalized spacial score (nSPS) is 24.4. The van der Waals surface area contributed by atoms with Gasteiger partial charge in [0.2, 0.25) is 0 Å². The molecule has 250 valence electrons. The SMILES string of the molecule is CCCCCCCCCCCCOC(=O)C(C)N1C(=O)C2(CC(C)(C)NC(C)(C)C2)OC12CCCCCCCCCCC2. The first-order valence-corrected chi connectivity index (χ1v) is 18.5. The number of nitrogens with zero attached hydrogens (tertiary/aromatic N) is 1. The molecule has 1 unspecified atom stereocenters. The minimum atomic E-state index is -0.916. The molecule has 1 amide bonds. The van der Waals surface area contributed by atoms with E-state index in [9.17, 15) is 9.59 Å². The average Bonchev–Trinajstić information content (AvgIpc) is 3.13. The number of nitrogens with one attached hydrogen (secondary N) is 1. The van der Waals surface area contributed by atoms with Crippen molar-refractivity contribution in [1.82, 2.24) is 10.2 Å². The summed E-state index contributed by atoms with van der Waals surface area (Å²) in [5.41, 5.74) is -2.16. The Labute approximate surface area is 265 Å². The van der Waals surface area contributed by atoms with Gasteiger partial charge in [-0.2, -0.15) is 0 Å². The Morgan fingerprint density at radius 3 is 1.70 bits per heavy atom. The first-order chi connectivity index (χ1) is 20.5. The van der Waals surface area contributed by atoms with Gasteiger partial charge in [0, 0.05) is 23.9 Å². The van der Waals surface area contributed by atoms with Gasteiger partial charge in [-0.15, -0.1) is 0 Å². The summed E-state index contributed by atoms with van der Waals surface area (Å²) < 4.78 is 13.1. The zero-order valence-electron chi connectivity index (χ0n) is 29.1.